The highest BCUT2D eigenvalue weighted by Crippen LogP contribution is 2.38. The van der Waals surface area contributed by atoms with Crippen molar-refractivity contribution in [3.8, 4) is 0 Å². The number of aliphatic hydroxyl groups is 1. The maximum atomic E-state index is 12.7. The summed E-state index contributed by atoms with van der Waals surface area (Å²) in [5, 5.41) is 13.9. The van der Waals surface area contributed by atoms with Gasteiger partial charge in [-0.05, 0) is 12.8 Å². The van der Waals surface area contributed by atoms with Crippen molar-refractivity contribution in [1.29, 1.82) is 0 Å². The zero-order valence-electron chi connectivity index (χ0n) is 39.5. The van der Waals surface area contributed by atoms with E-state index < -0.39 is 20.0 Å². The summed E-state index contributed by atoms with van der Waals surface area (Å²) in [5.74, 6) is -0.168. The molecule has 9 heteroatoms. The van der Waals surface area contributed by atoms with Crippen molar-refractivity contribution in [2.75, 3.05) is 40.9 Å². The molecule has 0 aliphatic carbocycles. The second-order valence-electron chi connectivity index (χ2n) is 18.9. The Labute approximate surface area is 361 Å². The Morgan fingerprint density at radius 2 is 0.845 bits per heavy atom. The van der Waals surface area contributed by atoms with E-state index in [1.165, 1.54) is 193 Å². The van der Waals surface area contributed by atoms with Gasteiger partial charge in [0.25, 0.3) is 7.82 Å². The SMILES string of the molecule is CCCCCCCCCCCCCCCCCCCCCCCCCCCCCCCC(O)C(COP(=O)([O-])OCC[N+](C)(C)C)NC(=O)CCCCCCCCC. The molecule has 2 N–H and O–H groups in total. The Balaban J connectivity index is 3.92. The first-order chi connectivity index (χ1) is 28.0. The zero-order chi connectivity index (χ0) is 42.8. The second kappa shape index (κ2) is 41.8. The van der Waals surface area contributed by atoms with Crippen molar-refractivity contribution < 1.29 is 32.9 Å². The molecule has 3 unspecified atom stereocenters. The van der Waals surface area contributed by atoms with Gasteiger partial charge in [0.2, 0.25) is 5.91 Å². The van der Waals surface area contributed by atoms with E-state index in [0.717, 1.165) is 38.5 Å². The average molecular weight is 845 g/mol. The van der Waals surface area contributed by atoms with E-state index in [4.69, 9.17) is 9.05 Å². The highest BCUT2D eigenvalue weighted by Gasteiger charge is 2.24. The van der Waals surface area contributed by atoms with Crippen LogP contribution in [0.5, 0.6) is 0 Å². The number of hydrogen-bond donors (Lipinski definition) is 2. The molecule has 0 spiro atoms. The third-order valence-corrected chi connectivity index (χ3v) is 12.8. The molecule has 0 bridgehead atoms. The number of rotatable bonds is 47. The van der Waals surface area contributed by atoms with Gasteiger partial charge in [-0.3, -0.25) is 9.36 Å². The van der Waals surface area contributed by atoms with Crippen LogP contribution in [0, 0.1) is 0 Å². The smallest absolute Gasteiger partial charge is 0.268 e. The maximum Gasteiger partial charge on any atom is 0.268 e. The van der Waals surface area contributed by atoms with Gasteiger partial charge in [-0.2, -0.15) is 0 Å². The van der Waals surface area contributed by atoms with Gasteiger partial charge in [-0.25, -0.2) is 0 Å². The molecule has 0 radical (unpaired) electrons. The van der Waals surface area contributed by atoms with E-state index >= 15 is 0 Å². The number of nitrogens with one attached hydrogen (secondary N) is 1. The maximum absolute atomic E-state index is 12.7. The predicted octanol–water partition coefficient (Wildman–Crippen LogP) is 13.9. The number of nitrogens with zero attached hydrogens (tertiary/aromatic N) is 1. The number of likely N-dealkylation sites (N-methyl/N-ethyl adjacent to an activating group) is 1. The fraction of sp³-hybridized carbons (Fsp3) is 0.980. The van der Waals surface area contributed by atoms with Crippen LogP contribution in [0.25, 0.3) is 0 Å². The van der Waals surface area contributed by atoms with Crippen molar-refractivity contribution in [3.63, 3.8) is 0 Å². The van der Waals surface area contributed by atoms with Gasteiger partial charge in [0.05, 0.1) is 39.9 Å². The lowest BCUT2D eigenvalue weighted by Gasteiger charge is -2.30. The number of aliphatic hydroxyl groups excluding tert-OH is 1. The van der Waals surface area contributed by atoms with Crippen molar-refractivity contribution in [3.05, 3.63) is 0 Å². The van der Waals surface area contributed by atoms with E-state index in [0.29, 0.717) is 23.9 Å². The van der Waals surface area contributed by atoms with Crippen LogP contribution in [0.3, 0.4) is 0 Å². The number of carbonyl (C=O) groups is 1. The molecule has 0 aromatic heterocycles. The van der Waals surface area contributed by atoms with Gasteiger partial charge in [-0.1, -0.05) is 239 Å². The first-order valence-electron chi connectivity index (χ1n) is 25.4. The first kappa shape index (κ1) is 57.5. The molecule has 0 aromatic rings. The lowest BCUT2D eigenvalue weighted by Crippen LogP contribution is -2.46. The van der Waals surface area contributed by atoms with Crippen molar-refractivity contribution >= 4 is 13.7 Å². The van der Waals surface area contributed by atoms with Gasteiger partial charge >= 0.3 is 0 Å². The molecule has 348 valence electrons. The largest absolute Gasteiger partial charge is 0.756 e. The molecular formula is C49H101N2O6P. The van der Waals surface area contributed by atoms with Gasteiger partial charge in [-0.15, -0.1) is 0 Å². The number of phosphoric acid groups is 1. The fourth-order valence-electron chi connectivity index (χ4n) is 7.81. The molecule has 0 saturated carbocycles. The molecule has 8 nitrogen and oxygen atoms in total. The topological polar surface area (TPSA) is 108 Å². The van der Waals surface area contributed by atoms with E-state index in [2.05, 4.69) is 19.2 Å². The summed E-state index contributed by atoms with van der Waals surface area (Å²) in [6.45, 7) is 4.70. The molecule has 58 heavy (non-hydrogen) atoms. The van der Waals surface area contributed by atoms with Crippen LogP contribution < -0.4 is 10.2 Å². The van der Waals surface area contributed by atoms with Crippen molar-refractivity contribution in [2.45, 2.75) is 270 Å². The molecule has 0 fully saturated rings. The van der Waals surface area contributed by atoms with Crippen LogP contribution in [-0.2, 0) is 18.4 Å². The quantitative estimate of drug-likeness (QED) is 0.0359. The minimum atomic E-state index is -4.55. The number of phosphoric ester groups is 1. The monoisotopic (exact) mass is 845 g/mol. The molecular weight excluding hydrogens is 744 g/mol. The Hall–Kier alpha value is -0.500. The minimum absolute atomic E-state index is 0.0156. The van der Waals surface area contributed by atoms with Crippen molar-refractivity contribution in [1.82, 2.24) is 5.32 Å². The second-order valence-corrected chi connectivity index (χ2v) is 20.3. The van der Waals surface area contributed by atoms with E-state index in [-0.39, 0.29) is 19.1 Å². The third-order valence-electron chi connectivity index (χ3n) is 11.8. The van der Waals surface area contributed by atoms with Gasteiger partial charge in [0.1, 0.15) is 13.2 Å². The van der Waals surface area contributed by atoms with Crippen LogP contribution >= 0.6 is 7.82 Å². The number of quaternary nitrogens is 1. The lowest BCUT2D eigenvalue weighted by molar-refractivity contribution is -0.870. The summed E-state index contributed by atoms with van der Waals surface area (Å²) in [7, 11) is 1.32. The summed E-state index contributed by atoms with van der Waals surface area (Å²) < 4.78 is 23.2. The lowest BCUT2D eigenvalue weighted by atomic mass is 10.0. The van der Waals surface area contributed by atoms with Crippen LogP contribution in [0.4, 0.5) is 0 Å². The summed E-state index contributed by atoms with van der Waals surface area (Å²) in [5.41, 5.74) is 0. The van der Waals surface area contributed by atoms with E-state index in [1.54, 1.807) is 0 Å². The molecule has 3 atom stereocenters. The molecule has 1 amide bonds. The zero-order valence-corrected chi connectivity index (χ0v) is 40.4. The molecule has 0 aromatic carbocycles. The average Bonchev–Trinajstić information content (AvgIpc) is 3.17. The summed E-state index contributed by atoms with van der Waals surface area (Å²) in [6.07, 6.45) is 47.3. The van der Waals surface area contributed by atoms with Gasteiger partial charge in [0, 0.05) is 6.42 Å². The van der Waals surface area contributed by atoms with E-state index in [9.17, 15) is 19.4 Å². The Morgan fingerprint density at radius 3 is 1.17 bits per heavy atom. The summed E-state index contributed by atoms with van der Waals surface area (Å²) in [4.78, 5) is 25.2. The van der Waals surface area contributed by atoms with E-state index in [1.807, 2.05) is 21.1 Å². The van der Waals surface area contributed by atoms with Crippen LogP contribution in [0.1, 0.15) is 258 Å². The fourth-order valence-corrected chi connectivity index (χ4v) is 8.53. The molecule has 0 rings (SSSR count). The minimum Gasteiger partial charge on any atom is -0.756 e. The Morgan fingerprint density at radius 1 is 0.534 bits per heavy atom. The number of unbranched alkanes of at least 4 members (excludes halogenated alkanes) is 34. The first-order valence-corrected chi connectivity index (χ1v) is 26.8. The van der Waals surface area contributed by atoms with Gasteiger partial charge in [0.15, 0.2) is 0 Å². The molecule has 0 heterocycles. The normalized spacial score (nSPS) is 14.1. The molecule has 0 aliphatic heterocycles. The Kier molecular flexibility index (Phi) is 41.5. The highest BCUT2D eigenvalue weighted by atomic mass is 31.2. The van der Waals surface area contributed by atoms with Gasteiger partial charge < -0.3 is 28.8 Å². The molecule has 0 aliphatic rings. The Bertz CT molecular complexity index is 916. The van der Waals surface area contributed by atoms with Crippen molar-refractivity contribution in [2.24, 2.45) is 0 Å². The molecule has 0 saturated heterocycles. The van der Waals surface area contributed by atoms with Crippen LogP contribution in [0.2, 0.25) is 0 Å². The third kappa shape index (κ3) is 43.6. The number of hydrogen-bond acceptors (Lipinski definition) is 6. The number of carbonyl (C=O) groups excluding carboxylic acids is 1. The highest BCUT2D eigenvalue weighted by molar-refractivity contribution is 7.45. The summed E-state index contributed by atoms with van der Waals surface area (Å²) in [6, 6.07) is -0.792. The standard InChI is InChI=1S/C49H101N2O6P/c1-6-8-10-12-14-15-16-17-18-19-20-21-22-23-24-25-26-27-28-29-30-31-32-33-34-35-37-38-40-42-48(52)47(46-57-58(54,55)56-45-44-51(3,4)5)50-49(53)43-41-39-36-13-11-9-7-2/h47-48,52H,6-46H2,1-5H3,(H-,50,53,54,55). The van der Waals surface area contributed by atoms with Crippen LogP contribution in [0.15, 0.2) is 0 Å². The number of amides is 1. The summed E-state index contributed by atoms with van der Waals surface area (Å²) >= 11 is 0. The predicted molar refractivity (Wildman–Crippen MR) is 247 cm³/mol. The van der Waals surface area contributed by atoms with Crippen LogP contribution in [-0.4, -0.2) is 68.5 Å².